The SMILES string of the molecule is COc1cc(-c2nc3nc(SC)n(C)n3c(=O)c2Cl)cc(OC)c1OC. The van der Waals surface area contributed by atoms with Gasteiger partial charge in [0.05, 0.1) is 27.0 Å². The summed E-state index contributed by atoms with van der Waals surface area (Å²) in [5, 5.41) is 0.625. The average molecular weight is 397 g/mol. The van der Waals surface area contributed by atoms with Crippen LogP contribution in [-0.4, -0.2) is 46.8 Å². The van der Waals surface area contributed by atoms with Gasteiger partial charge in [-0.25, -0.2) is 4.98 Å². The molecular formula is C16H17ClN4O4S. The Hall–Kier alpha value is -2.39. The molecule has 8 nitrogen and oxygen atoms in total. The van der Waals surface area contributed by atoms with Crippen molar-refractivity contribution in [2.75, 3.05) is 27.6 Å². The minimum Gasteiger partial charge on any atom is -0.493 e. The number of aromatic nitrogens is 4. The van der Waals surface area contributed by atoms with Crippen molar-refractivity contribution in [1.82, 2.24) is 19.2 Å². The van der Waals surface area contributed by atoms with E-state index in [-0.39, 0.29) is 10.8 Å². The minimum absolute atomic E-state index is 0.0209. The average Bonchev–Trinajstić information content (AvgIpc) is 2.99. The van der Waals surface area contributed by atoms with Crippen molar-refractivity contribution in [3.63, 3.8) is 0 Å². The summed E-state index contributed by atoms with van der Waals surface area (Å²) >= 11 is 7.75. The fourth-order valence-electron chi connectivity index (χ4n) is 2.65. The third-order valence-corrected chi connectivity index (χ3v) is 4.94. The van der Waals surface area contributed by atoms with Gasteiger partial charge < -0.3 is 14.2 Å². The Morgan fingerprint density at radius 1 is 1.08 bits per heavy atom. The normalized spacial score (nSPS) is 11.0. The number of hydrogen-bond donors (Lipinski definition) is 0. The number of hydrogen-bond acceptors (Lipinski definition) is 7. The van der Waals surface area contributed by atoms with Crippen LogP contribution < -0.4 is 19.8 Å². The van der Waals surface area contributed by atoms with Crippen LogP contribution in [0.4, 0.5) is 0 Å². The lowest BCUT2D eigenvalue weighted by molar-refractivity contribution is 0.324. The summed E-state index contributed by atoms with van der Waals surface area (Å²) in [6.45, 7) is 0. The molecule has 3 rings (SSSR count). The van der Waals surface area contributed by atoms with Crippen LogP contribution in [0.1, 0.15) is 0 Å². The summed E-state index contributed by atoms with van der Waals surface area (Å²) in [5.74, 6) is 1.57. The van der Waals surface area contributed by atoms with Gasteiger partial charge in [-0.05, 0) is 18.4 Å². The number of ether oxygens (including phenoxy) is 3. The number of methoxy groups -OCH3 is 3. The molecule has 3 aromatic rings. The Kier molecular flexibility index (Phi) is 5.01. The molecule has 0 atom stereocenters. The molecule has 0 saturated carbocycles. The maximum absolute atomic E-state index is 12.7. The van der Waals surface area contributed by atoms with Gasteiger partial charge in [0.25, 0.3) is 11.3 Å². The van der Waals surface area contributed by atoms with E-state index in [9.17, 15) is 4.79 Å². The zero-order valence-corrected chi connectivity index (χ0v) is 16.4. The molecule has 26 heavy (non-hydrogen) atoms. The van der Waals surface area contributed by atoms with Crippen molar-refractivity contribution in [2.24, 2.45) is 7.05 Å². The van der Waals surface area contributed by atoms with Crippen LogP contribution in [0.3, 0.4) is 0 Å². The first-order valence-electron chi connectivity index (χ1n) is 7.46. The summed E-state index contributed by atoms with van der Waals surface area (Å²) < 4.78 is 19.0. The van der Waals surface area contributed by atoms with Crippen LogP contribution in [0.2, 0.25) is 5.02 Å². The molecule has 0 bridgehead atoms. The van der Waals surface area contributed by atoms with Crippen molar-refractivity contribution in [2.45, 2.75) is 5.16 Å². The second-order valence-electron chi connectivity index (χ2n) is 5.23. The highest BCUT2D eigenvalue weighted by Crippen LogP contribution is 2.41. The molecule has 0 saturated heterocycles. The molecule has 10 heteroatoms. The van der Waals surface area contributed by atoms with Gasteiger partial charge in [0.2, 0.25) is 5.75 Å². The molecular weight excluding hydrogens is 380 g/mol. The van der Waals surface area contributed by atoms with Crippen LogP contribution in [-0.2, 0) is 7.05 Å². The van der Waals surface area contributed by atoms with Crippen molar-refractivity contribution in [3.8, 4) is 28.5 Å². The van der Waals surface area contributed by atoms with Crippen molar-refractivity contribution >= 4 is 29.1 Å². The van der Waals surface area contributed by atoms with Gasteiger partial charge >= 0.3 is 0 Å². The van der Waals surface area contributed by atoms with Gasteiger partial charge in [-0.3, -0.25) is 9.48 Å². The van der Waals surface area contributed by atoms with E-state index in [2.05, 4.69) is 9.97 Å². The molecule has 0 N–H and O–H groups in total. The predicted octanol–water partition coefficient (Wildman–Crippen LogP) is 2.50. The van der Waals surface area contributed by atoms with Crippen LogP contribution in [0, 0.1) is 0 Å². The van der Waals surface area contributed by atoms with E-state index >= 15 is 0 Å². The molecule has 0 aliphatic rings. The number of halogens is 1. The van der Waals surface area contributed by atoms with Crippen LogP contribution in [0.25, 0.3) is 17.0 Å². The Balaban J connectivity index is 2.32. The summed E-state index contributed by atoms with van der Waals surface area (Å²) in [4.78, 5) is 21.6. The van der Waals surface area contributed by atoms with Gasteiger partial charge in [-0.15, -0.1) is 0 Å². The zero-order chi connectivity index (χ0) is 19.0. The third kappa shape index (κ3) is 2.77. The summed E-state index contributed by atoms with van der Waals surface area (Å²) in [6, 6.07) is 3.37. The predicted molar refractivity (Wildman–Crippen MR) is 100 cm³/mol. The van der Waals surface area contributed by atoms with Gasteiger partial charge in [-0.2, -0.15) is 9.50 Å². The monoisotopic (exact) mass is 396 g/mol. The lowest BCUT2D eigenvalue weighted by Gasteiger charge is -2.14. The van der Waals surface area contributed by atoms with E-state index in [1.807, 2.05) is 6.26 Å². The first-order valence-corrected chi connectivity index (χ1v) is 9.06. The van der Waals surface area contributed by atoms with Crippen molar-refractivity contribution in [1.29, 1.82) is 0 Å². The number of nitrogens with zero attached hydrogens (tertiary/aromatic N) is 4. The largest absolute Gasteiger partial charge is 0.493 e. The fraction of sp³-hybridized carbons (Fsp3) is 0.312. The molecule has 0 amide bonds. The number of aryl methyl sites for hydroxylation is 1. The Labute approximate surface area is 158 Å². The second kappa shape index (κ2) is 7.08. The third-order valence-electron chi connectivity index (χ3n) is 3.88. The number of fused-ring (bicyclic) bond motifs is 1. The minimum atomic E-state index is -0.407. The van der Waals surface area contributed by atoms with Crippen LogP contribution in [0.15, 0.2) is 22.1 Å². The van der Waals surface area contributed by atoms with E-state index in [0.717, 1.165) is 0 Å². The van der Waals surface area contributed by atoms with Crippen molar-refractivity contribution in [3.05, 3.63) is 27.5 Å². The fourth-order valence-corrected chi connectivity index (χ4v) is 3.40. The molecule has 1 aromatic carbocycles. The molecule has 0 aliphatic carbocycles. The van der Waals surface area contributed by atoms with Crippen LogP contribution in [0.5, 0.6) is 17.2 Å². The number of benzene rings is 1. The first kappa shape index (κ1) is 18.4. The van der Waals surface area contributed by atoms with Gasteiger partial charge in [-0.1, -0.05) is 23.4 Å². The molecule has 138 valence electrons. The first-order chi connectivity index (χ1) is 12.5. The molecule has 0 aliphatic heterocycles. The van der Waals surface area contributed by atoms with E-state index in [0.29, 0.717) is 33.7 Å². The van der Waals surface area contributed by atoms with E-state index in [4.69, 9.17) is 25.8 Å². The van der Waals surface area contributed by atoms with E-state index in [1.165, 1.54) is 37.6 Å². The molecule has 2 aromatic heterocycles. The van der Waals surface area contributed by atoms with Gasteiger partial charge in [0.1, 0.15) is 5.02 Å². The van der Waals surface area contributed by atoms with E-state index in [1.54, 1.807) is 23.9 Å². The Morgan fingerprint density at radius 2 is 1.69 bits per heavy atom. The maximum atomic E-state index is 12.7. The molecule has 0 fully saturated rings. The number of rotatable bonds is 5. The molecule has 0 unspecified atom stereocenters. The molecule has 0 spiro atoms. The maximum Gasteiger partial charge on any atom is 0.293 e. The lowest BCUT2D eigenvalue weighted by atomic mass is 10.1. The smallest absolute Gasteiger partial charge is 0.293 e. The lowest BCUT2D eigenvalue weighted by Crippen LogP contribution is -2.21. The summed E-state index contributed by atoms with van der Waals surface area (Å²) in [5.41, 5.74) is 0.442. The summed E-state index contributed by atoms with van der Waals surface area (Å²) in [6.07, 6.45) is 1.87. The zero-order valence-electron chi connectivity index (χ0n) is 14.9. The quantitative estimate of drug-likeness (QED) is 0.613. The number of thioether (sulfide) groups is 1. The van der Waals surface area contributed by atoms with Crippen molar-refractivity contribution < 1.29 is 14.2 Å². The second-order valence-corrected chi connectivity index (χ2v) is 6.38. The highest BCUT2D eigenvalue weighted by molar-refractivity contribution is 7.98. The van der Waals surface area contributed by atoms with Gasteiger partial charge in [0.15, 0.2) is 16.7 Å². The van der Waals surface area contributed by atoms with E-state index < -0.39 is 5.56 Å². The summed E-state index contributed by atoms with van der Waals surface area (Å²) in [7, 11) is 6.27. The van der Waals surface area contributed by atoms with Gasteiger partial charge in [0, 0.05) is 12.6 Å². The standard InChI is InChI=1S/C16H17ClN4O4S/c1-20-16(26-5)19-15-18-12(11(17)14(22)21(15)20)8-6-9(23-2)13(25-4)10(7-8)24-3/h6-7H,1-5H3. The highest BCUT2D eigenvalue weighted by Gasteiger charge is 2.21. The molecule has 0 radical (unpaired) electrons. The molecule has 2 heterocycles. The highest BCUT2D eigenvalue weighted by atomic mass is 35.5. The Bertz CT molecular complexity index is 1020. The van der Waals surface area contributed by atoms with Crippen LogP contribution >= 0.6 is 23.4 Å². The Morgan fingerprint density at radius 3 is 2.19 bits per heavy atom. The topological polar surface area (TPSA) is 79.9 Å².